The predicted molar refractivity (Wildman–Crippen MR) is 95.4 cm³/mol. The van der Waals surface area contributed by atoms with Gasteiger partial charge in [-0.05, 0) is 25.0 Å². The summed E-state index contributed by atoms with van der Waals surface area (Å²) in [7, 11) is 1.73. The Balaban J connectivity index is 1.48. The first kappa shape index (κ1) is 17.0. The molecule has 1 fully saturated rings. The third kappa shape index (κ3) is 4.37. The molecule has 25 heavy (non-hydrogen) atoms. The summed E-state index contributed by atoms with van der Waals surface area (Å²) in [6.07, 6.45) is 5.19. The Labute approximate surface area is 147 Å². The fourth-order valence-corrected chi connectivity index (χ4v) is 2.94. The summed E-state index contributed by atoms with van der Waals surface area (Å²) < 4.78 is 0. The molecule has 2 aromatic rings. The van der Waals surface area contributed by atoms with Gasteiger partial charge in [0.25, 0.3) is 0 Å². The number of rotatable bonds is 4. The fourth-order valence-electron chi connectivity index (χ4n) is 2.94. The Morgan fingerprint density at radius 2 is 1.92 bits per heavy atom. The van der Waals surface area contributed by atoms with E-state index >= 15 is 0 Å². The highest BCUT2D eigenvalue weighted by atomic mass is 16.3. The fraction of sp³-hybridized carbons (Fsp3) is 0.389. The molecule has 132 valence electrons. The number of amides is 2. The predicted octanol–water partition coefficient (Wildman–Crippen LogP) is 1.99. The number of anilines is 1. The monoisotopic (exact) mass is 341 g/mol. The molecule has 0 radical (unpaired) electrons. The molecule has 0 atom stereocenters. The van der Waals surface area contributed by atoms with E-state index in [-0.39, 0.29) is 17.8 Å². The molecule has 0 unspecified atom stereocenters. The van der Waals surface area contributed by atoms with Gasteiger partial charge in [0.15, 0.2) is 0 Å². The molecule has 7 heteroatoms. The number of carbonyl (C=O) groups excluding carboxylic acids is 1. The van der Waals surface area contributed by atoms with Crippen LogP contribution in [0.5, 0.6) is 5.75 Å². The zero-order chi connectivity index (χ0) is 17.6. The number of hydrogen-bond donors (Lipinski definition) is 2. The number of phenols is 1. The van der Waals surface area contributed by atoms with Crippen LogP contribution in [0, 0.1) is 0 Å². The molecule has 3 rings (SSSR count). The Bertz CT molecular complexity index is 702. The molecule has 1 aromatic heterocycles. The topological polar surface area (TPSA) is 81.6 Å². The van der Waals surface area contributed by atoms with Crippen molar-refractivity contribution in [1.29, 1.82) is 0 Å². The second kappa shape index (κ2) is 7.83. The molecule has 1 aliphatic rings. The van der Waals surface area contributed by atoms with Crippen LogP contribution in [-0.4, -0.2) is 52.2 Å². The minimum atomic E-state index is -0.127. The summed E-state index contributed by atoms with van der Waals surface area (Å²) in [5, 5.41) is 12.9. The van der Waals surface area contributed by atoms with Crippen LogP contribution in [-0.2, 0) is 6.54 Å². The van der Waals surface area contributed by atoms with Crippen LogP contribution < -0.4 is 10.2 Å². The summed E-state index contributed by atoms with van der Waals surface area (Å²) in [5.41, 5.74) is 0.733. The standard InChI is InChI=1S/C18H23N5O2/c1-22(13-14-5-2-3-6-16(14)24)18(25)21-15-7-11-23(12-8-15)17-19-9-4-10-20-17/h2-6,9-10,15,24H,7-8,11-13H2,1H3,(H,21,25). The van der Waals surface area contributed by atoms with Crippen LogP contribution in [0.1, 0.15) is 18.4 Å². The maximum absolute atomic E-state index is 12.4. The highest BCUT2D eigenvalue weighted by Crippen LogP contribution is 2.18. The van der Waals surface area contributed by atoms with Gasteiger partial charge in [-0.25, -0.2) is 14.8 Å². The first-order valence-electron chi connectivity index (χ1n) is 8.44. The second-order valence-corrected chi connectivity index (χ2v) is 6.24. The summed E-state index contributed by atoms with van der Waals surface area (Å²) >= 11 is 0. The van der Waals surface area contributed by atoms with Crippen LogP contribution in [0.2, 0.25) is 0 Å². The van der Waals surface area contributed by atoms with Crippen molar-refractivity contribution in [3.05, 3.63) is 48.3 Å². The van der Waals surface area contributed by atoms with E-state index < -0.39 is 0 Å². The number of nitrogens with zero attached hydrogens (tertiary/aromatic N) is 4. The SMILES string of the molecule is CN(Cc1ccccc1O)C(=O)NC1CCN(c2ncccn2)CC1. The molecule has 0 bridgehead atoms. The number of carbonyl (C=O) groups is 1. The molecule has 0 aliphatic carbocycles. The zero-order valence-corrected chi connectivity index (χ0v) is 14.3. The maximum atomic E-state index is 12.4. The quantitative estimate of drug-likeness (QED) is 0.889. The van der Waals surface area contributed by atoms with Crippen molar-refractivity contribution in [3.63, 3.8) is 0 Å². The number of nitrogens with one attached hydrogen (secondary N) is 1. The highest BCUT2D eigenvalue weighted by molar-refractivity contribution is 5.74. The van der Waals surface area contributed by atoms with Crippen molar-refractivity contribution in [2.45, 2.75) is 25.4 Å². The van der Waals surface area contributed by atoms with Gasteiger partial charge in [0.05, 0.1) is 6.54 Å². The Kier molecular flexibility index (Phi) is 5.33. The normalized spacial score (nSPS) is 15.0. The maximum Gasteiger partial charge on any atom is 0.317 e. The van der Waals surface area contributed by atoms with Gasteiger partial charge >= 0.3 is 6.03 Å². The van der Waals surface area contributed by atoms with Crippen molar-refractivity contribution in [3.8, 4) is 5.75 Å². The van der Waals surface area contributed by atoms with E-state index in [1.54, 1.807) is 42.5 Å². The molecular formula is C18H23N5O2. The molecule has 2 amide bonds. The van der Waals surface area contributed by atoms with E-state index in [0.29, 0.717) is 6.54 Å². The number of piperidine rings is 1. The summed E-state index contributed by atoms with van der Waals surface area (Å²) in [4.78, 5) is 24.6. The molecule has 2 N–H and O–H groups in total. The van der Waals surface area contributed by atoms with Crippen LogP contribution >= 0.6 is 0 Å². The summed E-state index contributed by atoms with van der Waals surface area (Å²) in [6, 6.07) is 8.87. The van der Waals surface area contributed by atoms with Gasteiger partial charge in [-0.15, -0.1) is 0 Å². The Hall–Kier alpha value is -2.83. The number of phenolic OH excluding ortho intramolecular Hbond substituents is 1. The van der Waals surface area contributed by atoms with E-state index in [1.165, 1.54) is 0 Å². The first-order chi connectivity index (χ1) is 12.1. The third-order valence-electron chi connectivity index (χ3n) is 4.40. The molecule has 0 spiro atoms. The number of aromatic nitrogens is 2. The minimum absolute atomic E-state index is 0.127. The number of para-hydroxylation sites is 1. The van der Waals surface area contributed by atoms with Gasteiger partial charge in [0.2, 0.25) is 5.95 Å². The van der Waals surface area contributed by atoms with E-state index in [9.17, 15) is 9.90 Å². The van der Waals surface area contributed by atoms with Crippen molar-refractivity contribution in [2.24, 2.45) is 0 Å². The lowest BCUT2D eigenvalue weighted by Gasteiger charge is -2.33. The second-order valence-electron chi connectivity index (χ2n) is 6.24. The van der Waals surface area contributed by atoms with E-state index in [4.69, 9.17) is 0 Å². The van der Waals surface area contributed by atoms with E-state index in [0.717, 1.165) is 37.4 Å². The van der Waals surface area contributed by atoms with Crippen LogP contribution in [0.25, 0.3) is 0 Å². The number of urea groups is 1. The smallest absolute Gasteiger partial charge is 0.317 e. The Morgan fingerprint density at radius 3 is 2.60 bits per heavy atom. The Morgan fingerprint density at radius 1 is 1.24 bits per heavy atom. The average molecular weight is 341 g/mol. The molecule has 2 heterocycles. The average Bonchev–Trinajstić information content (AvgIpc) is 2.65. The third-order valence-corrected chi connectivity index (χ3v) is 4.40. The lowest BCUT2D eigenvalue weighted by atomic mass is 10.1. The summed E-state index contributed by atoms with van der Waals surface area (Å²) in [6.45, 7) is 2.01. The number of benzene rings is 1. The molecule has 7 nitrogen and oxygen atoms in total. The lowest BCUT2D eigenvalue weighted by Crippen LogP contribution is -2.48. The highest BCUT2D eigenvalue weighted by Gasteiger charge is 2.23. The van der Waals surface area contributed by atoms with Gasteiger partial charge in [0, 0.05) is 44.1 Å². The molecule has 0 saturated carbocycles. The van der Waals surface area contributed by atoms with Crippen molar-refractivity contribution in [2.75, 3.05) is 25.0 Å². The van der Waals surface area contributed by atoms with Crippen molar-refractivity contribution in [1.82, 2.24) is 20.2 Å². The van der Waals surface area contributed by atoms with Gasteiger partial charge in [-0.3, -0.25) is 0 Å². The van der Waals surface area contributed by atoms with Crippen LogP contribution in [0.4, 0.5) is 10.7 Å². The van der Waals surface area contributed by atoms with E-state index in [1.807, 2.05) is 12.1 Å². The van der Waals surface area contributed by atoms with Crippen LogP contribution in [0.3, 0.4) is 0 Å². The van der Waals surface area contributed by atoms with Crippen LogP contribution in [0.15, 0.2) is 42.7 Å². The zero-order valence-electron chi connectivity index (χ0n) is 14.3. The number of aromatic hydroxyl groups is 1. The van der Waals surface area contributed by atoms with Gasteiger partial charge in [-0.1, -0.05) is 18.2 Å². The van der Waals surface area contributed by atoms with Crippen molar-refractivity contribution < 1.29 is 9.90 Å². The molecule has 1 aliphatic heterocycles. The van der Waals surface area contributed by atoms with Gasteiger partial charge < -0.3 is 20.2 Å². The van der Waals surface area contributed by atoms with E-state index in [2.05, 4.69) is 20.2 Å². The molecule has 1 saturated heterocycles. The number of hydrogen-bond acceptors (Lipinski definition) is 5. The first-order valence-corrected chi connectivity index (χ1v) is 8.44. The largest absolute Gasteiger partial charge is 0.508 e. The van der Waals surface area contributed by atoms with Gasteiger partial charge in [-0.2, -0.15) is 0 Å². The minimum Gasteiger partial charge on any atom is -0.508 e. The molecular weight excluding hydrogens is 318 g/mol. The van der Waals surface area contributed by atoms with Crippen molar-refractivity contribution >= 4 is 12.0 Å². The molecule has 1 aromatic carbocycles. The van der Waals surface area contributed by atoms with Gasteiger partial charge in [0.1, 0.15) is 5.75 Å². The lowest BCUT2D eigenvalue weighted by molar-refractivity contribution is 0.199. The summed E-state index contributed by atoms with van der Waals surface area (Å²) in [5.74, 6) is 0.947.